The highest BCUT2D eigenvalue weighted by atomic mass is 32.1. The number of aromatic amines is 2. The fourth-order valence-electron chi connectivity index (χ4n) is 4.44. The zero-order chi connectivity index (χ0) is 26.6. The molecule has 8 heteroatoms. The van der Waals surface area contributed by atoms with Crippen LogP contribution in [-0.2, 0) is 0 Å². The lowest BCUT2D eigenvalue weighted by molar-refractivity contribution is 0.636. The molecule has 4 heterocycles. The van der Waals surface area contributed by atoms with Gasteiger partial charge in [0.2, 0.25) is 0 Å². The third kappa shape index (κ3) is 4.82. The van der Waals surface area contributed by atoms with Crippen LogP contribution in [0, 0.1) is 5.82 Å². The molecule has 38 heavy (non-hydrogen) atoms. The number of allylic oxidation sites excluding steroid dienone is 5. The number of H-pyrrole nitrogens is 2. The Morgan fingerprint density at radius 1 is 1.24 bits per heavy atom. The molecule has 0 bridgehead atoms. The van der Waals surface area contributed by atoms with Crippen molar-refractivity contribution in [2.24, 2.45) is 0 Å². The fourth-order valence-corrected chi connectivity index (χ4v) is 5.09. The summed E-state index contributed by atoms with van der Waals surface area (Å²) in [5, 5.41) is 15.1. The van der Waals surface area contributed by atoms with Crippen LogP contribution < -0.4 is 5.32 Å². The van der Waals surface area contributed by atoms with Crippen LogP contribution in [0.1, 0.15) is 38.7 Å². The number of hydrogen-bond donors (Lipinski definition) is 3. The summed E-state index contributed by atoms with van der Waals surface area (Å²) in [6.07, 6.45) is 10.2. The molecular weight excluding hydrogens is 495 g/mol. The Bertz CT molecular complexity index is 1690. The maximum Gasteiger partial charge on any atom is 0.178 e. The van der Waals surface area contributed by atoms with Gasteiger partial charge in [-0.1, -0.05) is 32.6 Å². The second-order valence-electron chi connectivity index (χ2n) is 8.96. The van der Waals surface area contributed by atoms with Gasteiger partial charge in [0.05, 0.1) is 16.4 Å². The van der Waals surface area contributed by atoms with E-state index in [1.807, 2.05) is 42.7 Å². The van der Waals surface area contributed by atoms with E-state index in [1.165, 1.54) is 0 Å². The van der Waals surface area contributed by atoms with Gasteiger partial charge in [0.1, 0.15) is 11.5 Å². The number of pyridine rings is 1. The van der Waals surface area contributed by atoms with E-state index in [2.05, 4.69) is 55.9 Å². The van der Waals surface area contributed by atoms with Crippen molar-refractivity contribution in [1.29, 1.82) is 0 Å². The Morgan fingerprint density at radius 3 is 2.84 bits per heavy atom. The molecule has 6 nitrogen and oxygen atoms in total. The molecule has 0 amide bonds. The normalized spacial score (nSPS) is 12.4. The summed E-state index contributed by atoms with van der Waals surface area (Å²) in [6, 6.07) is 7.58. The van der Waals surface area contributed by atoms with Gasteiger partial charge in [0.15, 0.2) is 11.5 Å². The Hall–Kier alpha value is -4.30. The van der Waals surface area contributed by atoms with E-state index in [-0.39, 0.29) is 5.82 Å². The van der Waals surface area contributed by atoms with Crippen molar-refractivity contribution in [2.75, 3.05) is 0 Å². The lowest BCUT2D eigenvalue weighted by Crippen LogP contribution is -2.10. The molecule has 4 aromatic heterocycles. The third-order valence-electron chi connectivity index (χ3n) is 6.42. The summed E-state index contributed by atoms with van der Waals surface area (Å²) in [5.74, 6) is 0.0750. The molecule has 0 spiro atoms. The van der Waals surface area contributed by atoms with Gasteiger partial charge in [-0.3, -0.25) is 5.10 Å². The minimum atomic E-state index is -0.379. The highest BCUT2D eigenvalue weighted by Gasteiger charge is 2.21. The van der Waals surface area contributed by atoms with Gasteiger partial charge >= 0.3 is 0 Å². The third-order valence-corrected chi connectivity index (χ3v) is 7.10. The second kappa shape index (κ2) is 11.0. The van der Waals surface area contributed by atoms with Crippen molar-refractivity contribution < 1.29 is 4.39 Å². The molecule has 0 aliphatic carbocycles. The van der Waals surface area contributed by atoms with Gasteiger partial charge < -0.3 is 10.3 Å². The van der Waals surface area contributed by atoms with Crippen molar-refractivity contribution in [2.45, 2.75) is 33.1 Å². The molecule has 1 aromatic carbocycles. The van der Waals surface area contributed by atoms with Crippen LogP contribution in [0.4, 0.5) is 4.39 Å². The van der Waals surface area contributed by atoms with E-state index < -0.39 is 0 Å². The Balaban J connectivity index is 1.56. The van der Waals surface area contributed by atoms with Gasteiger partial charge in [0, 0.05) is 28.7 Å². The Morgan fingerprint density at radius 2 is 2.11 bits per heavy atom. The Kier molecular flexibility index (Phi) is 7.33. The monoisotopic (exact) mass is 524 g/mol. The molecule has 0 atom stereocenters. The summed E-state index contributed by atoms with van der Waals surface area (Å²) in [6.45, 7) is 12.0. The number of hydrogen-bond acceptors (Lipinski definition) is 5. The number of halogens is 1. The van der Waals surface area contributed by atoms with E-state index >= 15 is 4.39 Å². The molecular formula is C30H29FN6S. The maximum absolute atomic E-state index is 16.2. The summed E-state index contributed by atoms with van der Waals surface area (Å²) < 4.78 is 16.2. The van der Waals surface area contributed by atoms with Crippen LogP contribution in [0.25, 0.3) is 50.3 Å². The van der Waals surface area contributed by atoms with Gasteiger partial charge in [-0.15, -0.1) is 0 Å². The largest absolute Gasteiger partial charge is 0.359 e. The summed E-state index contributed by atoms with van der Waals surface area (Å²) in [7, 11) is 0. The average Bonchev–Trinajstić information content (AvgIpc) is 3.69. The summed E-state index contributed by atoms with van der Waals surface area (Å²) in [5.41, 5.74) is 7.23. The lowest BCUT2D eigenvalue weighted by atomic mass is 10.0. The first-order valence-corrected chi connectivity index (χ1v) is 13.5. The van der Waals surface area contributed by atoms with Gasteiger partial charge in [-0.2, -0.15) is 16.4 Å². The van der Waals surface area contributed by atoms with Crippen LogP contribution in [0.5, 0.6) is 0 Å². The first-order chi connectivity index (χ1) is 18.5. The number of imidazole rings is 1. The van der Waals surface area contributed by atoms with E-state index in [1.54, 1.807) is 29.7 Å². The van der Waals surface area contributed by atoms with Gasteiger partial charge in [-0.25, -0.2) is 14.4 Å². The first kappa shape index (κ1) is 25.4. The minimum Gasteiger partial charge on any atom is -0.359 e. The average molecular weight is 525 g/mol. The number of aromatic nitrogens is 5. The van der Waals surface area contributed by atoms with E-state index in [0.717, 1.165) is 47.3 Å². The van der Waals surface area contributed by atoms with Crippen molar-refractivity contribution in [3.8, 4) is 22.6 Å². The molecule has 0 unspecified atom stereocenters. The summed E-state index contributed by atoms with van der Waals surface area (Å²) >= 11 is 1.62. The zero-order valence-electron chi connectivity index (χ0n) is 21.4. The molecule has 0 aliphatic rings. The van der Waals surface area contributed by atoms with Crippen LogP contribution in [-0.4, -0.2) is 25.1 Å². The van der Waals surface area contributed by atoms with Crippen LogP contribution in [0.3, 0.4) is 0 Å². The highest BCUT2D eigenvalue weighted by molar-refractivity contribution is 7.08. The second-order valence-corrected chi connectivity index (χ2v) is 9.74. The number of nitrogens with one attached hydrogen (secondary N) is 3. The fraction of sp³-hybridized carbons (Fsp3) is 0.167. The number of nitrogens with zero attached hydrogens (tertiary/aromatic N) is 3. The van der Waals surface area contributed by atoms with Crippen LogP contribution in [0.15, 0.2) is 84.0 Å². The van der Waals surface area contributed by atoms with Crippen LogP contribution in [0.2, 0.25) is 0 Å². The molecule has 3 N–H and O–H groups in total. The Labute approximate surface area is 224 Å². The SMILES string of the molecule is C=C/C(=C\C(=C/C)c1ccc2[nH]nc(-c3nc4nccc(-c5ccsc5)c4[nH]3)c2c1F)NC(=C)CCCC. The quantitative estimate of drug-likeness (QED) is 0.161. The number of rotatable bonds is 10. The van der Waals surface area contributed by atoms with Crippen LogP contribution >= 0.6 is 11.3 Å². The topological polar surface area (TPSA) is 82.3 Å². The molecule has 192 valence electrons. The number of fused-ring (bicyclic) bond motifs is 2. The molecule has 0 saturated carbocycles. The van der Waals surface area contributed by atoms with Crippen molar-refractivity contribution >= 4 is 39.0 Å². The maximum atomic E-state index is 16.2. The van der Waals surface area contributed by atoms with Crippen molar-refractivity contribution in [3.63, 3.8) is 0 Å². The molecule has 0 aliphatic heterocycles. The van der Waals surface area contributed by atoms with E-state index in [0.29, 0.717) is 39.2 Å². The van der Waals surface area contributed by atoms with Gasteiger partial charge in [-0.05, 0) is 78.1 Å². The molecule has 5 rings (SSSR count). The van der Waals surface area contributed by atoms with Crippen molar-refractivity contribution in [3.05, 3.63) is 95.4 Å². The predicted octanol–water partition coefficient (Wildman–Crippen LogP) is 8.14. The molecule has 0 saturated heterocycles. The van der Waals surface area contributed by atoms with Crippen molar-refractivity contribution in [1.82, 2.24) is 30.5 Å². The molecule has 0 radical (unpaired) electrons. The predicted molar refractivity (Wildman–Crippen MR) is 156 cm³/mol. The highest BCUT2D eigenvalue weighted by Crippen LogP contribution is 2.34. The molecule has 0 fully saturated rings. The van der Waals surface area contributed by atoms with E-state index in [9.17, 15) is 0 Å². The standard InChI is InChI=1S/C30H29FN6S/c1-5-8-9-18(4)33-21(7-3)16-19(6-2)22-10-11-24-25(26(22)31)28(37-36-24)30-34-27-23(20-13-15-38-17-20)12-14-32-29(27)35-30/h6-7,10-17,33H,3-5,8-9H2,1-2H3,(H,36,37)(H,32,34,35)/b19-6+,21-16+. The zero-order valence-corrected chi connectivity index (χ0v) is 22.3. The van der Waals surface area contributed by atoms with Gasteiger partial charge in [0.25, 0.3) is 0 Å². The minimum absolute atomic E-state index is 0.367. The molecule has 5 aromatic rings. The summed E-state index contributed by atoms with van der Waals surface area (Å²) in [4.78, 5) is 12.4. The first-order valence-electron chi connectivity index (χ1n) is 12.5. The van der Waals surface area contributed by atoms with E-state index in [4.69, 9.17) is 0 Å². The number of unbranched alkanes of at least 4 members (excludes halogenated alkanes) is 1. The lowest BCUT2D eigenvalue weighted by Gasteiger charge is -2.12. The number of benzene rings is 1. The smallest absolute Gasteiger partial charge is 0.178 e. The number of thiophene rings is 1.